The molecule has 1 aliphatic rings. The highest BCUT2D eigenvalue weighted by Crippen LogP contribution is 2.28. The Kier molecular flexibility index (Phi) is 6.07. The number of pyridine rings is 1. The van der Waals surface area contributed by atoms with E-state index < -0.39 is 0 Å². The first-order valence-electron chi connectivity index (χ1n) is 10.5. The molecule has 7 nitrogen and oxygen atoms in total. The van der Waals surface area contributed by atoms with Crippen LogP contribution >= 0.6 is 0 Å². The van der Waals surface area contributed by atoms with Gasteiger partial charge in [0.1, 0.15) is 5.82 Å². The van der Waals surface area contributed by atoms with E-state index in [9.17, 15) is 4.79 Å². The van der Waals surface area contributed by atoms with E-state index in [2.05, 4.69) is 26.9 Å². The van der Waals surface area contributed by atoms with Crippen molar-refractivity contribution in [2.24, 2.45) is 0 Å². The maximum Gasteiger partial charge on any atom is 0.261 e. The fourth-order valence-corrected chi connectivity index (χ4v) is 3.72. The second kappa shape index (κ2) is 9.07. The van der Waals surface area contributed by atoms with Gasteiger partial charge in [0.2, 0.25) is 0 Å². The van der Waals surface area contributed by atoms with Gasteiger partial charge in [-0.25, -0.2) is 4.98 Å². The topological polar surface area (TPSA) is 75.4 Å². The molecule has 3 aromatic rings. The highest BCUT2D eigenvalue weighted by atomic mass is 16.5. The summed E-state index contributed by atoms with van der Waals surface area (Å²) in [6, 6.07) is 11.6. The average molecular weight is 406 g/mol. The molecular weight excluding hydrogens is 378 g/mol. The fourth-order valence-electron chi connectivity index (χ4n) is 3.72. The van der Waals surface area contributed by atoms with Crippen LogP contribution in [-0.4, -0.2) is 52.1 Å². The highest BCUT2D eigenvalue weighted by molar-refractivity contribution is 5.94. The zero-order valence-corrected chi connectivity index (χ0v) is 17.5. The van der Waals surface area contributed by atoms with Gasteiger partial charge in [-0.05, 0) is 44.0 Å². The van der Waals surface area contributed by atoms with Gasteiger partial charge in [-0.2, -0.15) is 4.98 Å². The van der Waals surface area contributed by atoms with E-state index in [1.54, 1.807) is 6.20 Å². The fraction of sp³-hybridized carbons (Fsp3) is 0.391. The summed E-state index contributed by atoms with van der Waals surface area (Å²) in [6.45, 7) is 7.01. The summed E-state index contributed by atoms with van der Waals surface area (Å²) in [7, 11) is 0. The highest BCUT2D eigenvalue weighted by Gasteiger charge is 2.24. The molecule has 1 aliphatic heterocycles. The Morgan fingerprint density at radius 3 is 2.73 bits per heavy atom. The largest absolute Gasteiger partial charge is 0.354 e. The third-order valence-electron chi connectivity index (χ3n) is 5.34. The molecule has 0 N–H and O–H groups in total. The molecule has 1 saturated heterocycles. The Labute approximate surface area is 176 Å². The van der Waals surface area contributed by atoms with E-state index in [0.29, 0.717) is 24.8 Å². The molecule has 1 aromatic carbocycles. The number of hydrogen-bond donors (Lipinski definition) is 0. The molecule has 1 fully saturated rings. The summed E-state index contributed by atoms with van der Waals surface area (Å²) in [4.78, 5) is 26.2. The van der Waals surface area contributed by atoms with E-state index in [0.717, 1.165) is 54.9 Å². The van der Waals surface area contributed by atoms with Crippen molar-refractivity contribution in [1.82, 2.24) is 20.0 Å². The predicted molar refractivity (Wildman–Crippen MR) is 115 cm³/mol. The van der Waals surface area contributed by atoms with Crippen molar-refractivity contribution in [3.05, 3.63) is 59.5 Å². The Morgan fingerprint density at radius 2 is 1.93 bits per heavy atom. The molecule has 0 bridgehead atoms. The van der Waals surface area contributed by atoms with Crippen molar-refractivity contribution in [2.75, 3.05) is 31.1 Å². The van der Waals surface area contributed by atoms with Crippen LogP contribution in [-0.2, 0) is 6.42 Å². The van der Waals surface area contributed by atoms with Crippen LogP contribution in [0, 0.1) is 6.92 Å². The molecule has 3 heterocycles. The smallest absolute Gasteiger partial charge is 0.261 e. The number of carbonyl (C=O) groups is 1. The van der Waals surface area contributed by atoms with Gasteiger partial charge in [-0.1, -0.05) is 29.8 Å². The third-order valence-corrected chi connectivity index (χ3v) is 5.34. The summed E-state index contributed by atoms with van der Waals surface area (Å²) in [5.74, 6) is 2.12. The first-order valence-corrected chi connectivity index (χ1v) is 10.5. The zero-order valence-electron chi connectivity index (χ0n) is 17.5. The second-order valence-electron chi connectivity index (χ2n) is 7.64. The average Bonchev–Trinajstić information content (AvgIpc) is 3.09. The molecule has 4 rings (SSSR count). The SMILES string of the molecule is CCCc1noc(-c2cccnc2N2CCCN(C(=O)c3ccc(C)cc3)CC2)n1. The van der Waals surface area contributed by atoms with Gasteiger partial charge < -0.3 is 14.3 Å². The molecule has 0 radical (unpaired) electrons. The second-order valence-corrected chi connectivity index (χ2v) is 7.64. The summed E-state index contributed by atoms with van der Waals surface area (Å²) < 4.78 is 5.50. The molecule has 1 amide bonds. The molecule has 0 aliphatic carbocycles. The summed E-state index contributed by atoms with van der Waals surface area (Å²) in [5.41, 5.74) is 2.73. The number of nitrogens with zero attached hydrogens (tertiary/aromatic N) is 5. The van der Waals surface area contributed by atoms with Crippen LogP contribution in [0.4, 0.5) is 5.82 Å². The van der Waals surface area contributed by atoms with Crippen molar-refractivity contribution in [3.63, 3.8) is 0 Å². The van der Waals surface area contributed by atoms with E-state index in [4.69, 9.17) is 4.52 Å². The number of amides is 1. The number of hydrogen-bond acceptors (Lipinski definition) is 6. The lowest BCUT2D eigenvalue weighted by molar-refractivity contribution is 0.0767. The maximum atomic E-state index is 12.9. The molecule has 0 unspecified atom stereocenters. The lowest BCUT2D eigenvalue weighted by Crippen LogP contribution is -2.35. The van der Waals surface area contributed by atoms with Crippen LogP contribution in [0.5, 0.6) is 0 Å². The Bertz CT molecular complexity index is 999. The van der Waals surface area contributed by atoms with Gasteiger partial charge in [0.15, 0.2) is 5.82 Å². The van der Waals surface area contributed by atoms with Gasteiger partial charge in [0.05, 0.1) is 5.56 Å². The summed E-state index contributed by atoms with van der Waals surface area (Å²) >= 11 is 0. The molecule has 0 spiro atoms. The number of rotatable bonds is 5. The molecule has 0 atom stereocenters. The van der Waals surface area contributed by atoms with Crippen molar-refractivity contribution < 1.29 is 9.32 Å². The Morgan fingerprint density at radius 1 is 1.10 bits per heavy atom. The lowest BCUT2D eigenvalue weighted by Gasteiger charge is -2.24. The van der Waals surface area contributed by atoms with E-state index in [1.807, 2.05) is 48.2 Å². The molecule has 0 saturated carbocycles. The van der Waals surface area contributed by atoms with E-state index in [-0.39, 0.29) is 5.91 Å². The van der Waals surface area contributed by atoms with Crippen LogP contribution in [0.2, 0.25) is 0 Å². The minimum Gasteiger partial charge on any atom is -0.354 e. The zero-order chi connectivity index (χ0) is 20.9. The maximum absolute atomic E-state index is 12.9. The number of aromatic nitrogens is 3. The molecule has 156 valence electrons. The minimum absolute atomic E-state index is 0.0826. The number of benzene rings is 1. The van der Waals surface area contributed by atoms with Crippen molar-refractivity contribution in [1.29, 1.82) is 0 Å². The van der Waals surface area contributed by atoms with Crippen LogP contribution < -0.4 is 4.90 Å². The monoisotopic (exact) mass is 405 g/mol. The standard InChI is InChI=1S/C23H27N5O2/c1-3-6-20-25-22(30-26-20)19-7-4-12-24-21(19)27-13-5-14-28(16-15-27)23(29)18-10-8-17(2)9-11-18/h4,7-12H,3,5-6,13-16H2,1-2H3. The molecular formula is C23H27N5O2. The van der Waals surface area contributed by atoms with Crippen molar-refractivity contribution in [2.45, 2.75) is 33.1 Å². The number of anilines is 1. The number of carbonyl (C=O) groups excluding carboxylic acids is 1. The first-order chi connectivity index (χ1) is 14.7. The first kappa shape index (κ1) is 20.1. The lowest BCUT2D eigenvalue weighted by atomic mass is 10.1. The van der Waals surface area contributed by atoms with Gasteiger partial charge in [0.25, 0.3) is 11.8 Å². The quantitative estimate of drug-likeness (QED) is 0.644. The van der Waals surface area contributed by atoms with Crippen LogP contribution in [0.15, 0.2) is 47.1 Å². The van der Waals surface area contributed by atoms with Crippen LogP contribution in [0.1, 0.15) is 41.5 Å². The molecule has 7 heteroatoms. The number of aryl methyl sites for hydroxylation is 2. The third kappa shape index (κ3) is 4.35. The molecule has 2 aromatic heterocycles. The summed E-state index contributed by atoms with van der Waals surface area (Å²) in [5, 5.41) is 4.08. The normalized spacial score (nSPS) is 14.6. The van der Waals surface area contributed by atoms with Crippen molar-refractivity contribution >= 4 is 11.7 Å². The Hall–Kier alpha value is -3.22. The van der Waals surface area contributed by atoms with Gasteiger partial charge in [-0.15, -0.1) is 0 Å². The summed E-state index contributed by atoms with van der Waals surface area (Å²) in [6.07, 6.45) is 4.41. The van der Waals surface area contributed by atoms with Gasteiger partial charge in [-0.3, -0.25) is 4.79 Å². The molecule has 30 heavy (non-hydrogen) atoms. The van der Waals surface area contributed by atoms with E-state index >= 15 is 0 Å². The van der Waals surface area contributed by atoms with Gasteiger partial charge in [0, 0.05) is 44.4 Å². The van der Waals surface area contributed by atoms with Crippen LogP contribution in [0.3, 0.4) is 0 Å². The minimum atomic E-state index is 0.0826. The predicted octanol–water partition coefficient (Wildman–Crippen LogP) is 3.75. The van der Waals surface area contributed by atoms with E-state index in [1.165, 1.54) is 0 Å². The van der Waals surface area contributed by atoms with Gasteiger partial charge >= 0.3 is 0 Å². The Balaban J connectivity index is 1.51. The van der Waals surface area contributed by atoms with Crippen molar-refractivity contribution in [3.8, 4) is 11.5 Å². The van der Waals surface area contributed by atoms with Crippen LogP contribution in [0.25, 0.3) is 11.5 Å².